The van der Waals surface area contributed by atoms with Crippen LogP contribution in [0, 0.1) is 0 Å². The molecule has 35 heavy (non-hydrogen) atoms. The molecule has 4 rings (SSSR count). The number of carboxylic acids is 1. The summed E-state index contributed by atoms with van der Waals surface area (Å²) in [5.41, 5.74) is 5.94. The molecule has 3 aromatic carbocycles. The van der Waals surface area contributed by atoms with Crippen LogP contribution in [0.1, 0.15) is 11.1 Å². The third-order valence-corrected chi connectivity index (χ3v) is 6.34. The lowest BCUT2D eigenvalue weighted by atomic mass is 10.2. The van der Waals surface area contributed by atoms with E-state index in [1.165, 1.54) is 18.0 Å². The van der Waals surface area contributed by atoms with Crippen molar-refractivity contribution in [3.05, 3.63) is 88.9 Å². The van der Waals surface area contributed by atoms with Crippen molar-refractivity contribution in [1.82, 2.24) is 10.4 Å². The topological polar surface area (TPSA) is 110 Å². The maximum absolute atomic E-state index is 12.4. The predicted octanol–water partition coefficient (Wildman–Crippen LogP) is 2.53. The number of aliphatic carboxylic acids is 1. The zero-order chi connectivity index (χ0) is 24.6. The number of rotatable bonds is 10. The quantitative estimate of drug-likeness (QED) is 0.148. The van der Waals surface area contributed by atoms with Crippen LogP contribution in [0.2, 0.25) is 5.02 Å². The molecule has 0 fully saturated rings. The number of carboxylic acid groups (broad SMARTS) is 1. The molecule has 0 unspecified atom stereocenters. The summed E-state index contributed by atoms with van der Waals surface area (Å²) in [6, 6.07) is 22.3. The van der Waals surface area contributed by atoms with Crippen LogP contribution in [0.3, 0.4) is 0 Å². The third kappa shape index (κ3) is 6.40. The number of ether oxygens (including phenoxy) is 1. The number of halogens is 1. The van der Waals surface area contributed by atoms with Gasteiger partial charge in [0.2, 0.25) is 0 Å². The Morgan fingerprint density at radius 2 is 1.83 bits per heavy atom. The number of thioether (sulfide) groups is 1. The van der Waals surface area contributed by atoms with Crippen molar-refractivity contribution in [3.8, 4) is 5.75 Å². The molecule has 10 heteroatoms. The lowest BCUT2D eigenvalue weighted by Crippen LogP contribution is -2.36. The number of para-hydroxylation sites is 3. The highest BCUT2D eigenvalue weighted by molar-refractivity contribution is 7.99. The lowest BCUT2D eigenvalue weighted by Gasteiger charge is -2.08. The number of aromatic nitrogens is 2. The van der Waals surface area contributed by atoms with Crippen LogP contribution in [-0.2, 0) is 16.1 Å². The number of nitrogens with one attached hydrogen (secondary N) is 2. The molecular formula is C25H21ClN4O4S. The fourth-order valence-corrected chi connectivity index (χ4v) is 4.40. The predicted molar refractivity (Wildman–Crippen MR) is 132 cm³/mol. The SMILES string of the molecule is O=C([O-])COc1ccccc1/C=N/NC(=O)CSc1[nH]c2ccccc2[n+]1Cc1ccccc1Cl. The van der Waals surface area contributed by atoms with Gasteiger partial charge in [-0.05, 0) is 42.1 Å². The van der Waals surface area contributed by atoms with Crippen LogP contribution < -0.4 is 19.8 Å². The molecule has 0 aliphatic carbocycles. The van der Waals surface area contributed by atoms with Gasteiger partial charge in [0.1, 0.15) is 18.9 Å². The van der Waals surface area contributed by atoms with E-state index >= 15 is 0 Å². The van der Waals surface area contributed by atoms with E-state index in [1.807, 2.05) is 48.5 Å². The van der Waals surface area contributed by atoms with Gasteiger partial charge in [-0.15, -0.1) is 0 Å². The number of H-pyrrole nitrogens is 1. The van der Waals surface area contributed by atoms with E-state index in [4.69, 9.17) is 16.3 Å². The minimum absolute atomic E-state index is 0.121. The maximum Gasteiger partial charge on any atom is 0.317 e. The summed E-state index contributed by atoms with van der Waals surface area (Å²) in [6.45, 7) is -0.0268. The summed E-state index contributed by atoms with van der Waals surface area (Å²) in [5.74, 6) is -1.19. The summed E-state index contributed by atoms with van der Waals surface area (Å²) in [7, 11) is 0. The number of fused-ring (bicyclic) bond motifs is 1. The van der Waals surface area contributed by atoms with Gasteiger partial charge in [-0.2, -0.15) is 5.10 Å². The standard InChI is InChI=1S/C25H21ClN4O4S/c26-19-9-3-1-8-18(19)14-30-21-11-5-4-10-20(21)28-25(30)35-16-23(31)29-27-13-17-7-2-6-12-22(17)34-15-24(32)33/h1-13H,14-16H2,(H2,29,31,32,33)/b27-13+. The van der Waals surface area contributed by atoms with Crippen molar-refractivity contribution >= 4 is 52.5 Å². The molecular weight excluding hydrogens is 488 g/mol. The normalized spacial score (nSPS) is 11.1. The number of aromatic amines is 1. The van der Waals surface area contributed by atoms with E-state index in [9.17, 15) is 14.7 Å². The molecule has 1 amide bonds. The highest BCUT2D eigenvalue weighted by Crippen LogP contribution is 2.21. The Kier molecular flexibility index (Phi) is 8.02. The Hall–Kier alpha value is -3.82. The number of carbonyl (C=O) groups is 2. The number of nitrogens with zero attached hydrogens (tertiary/aromatic N) is 2. The molecule has 8 nitrogen and oxygen atoms in total. The minimum atomic E-state index is -1.33. The number of carbonyl (C=O) groups excluding carboxylic acids is 2. The number of imidazole rings is 1. The molecule has 178 valence electrons. The van der Waals surface area contributed by atoms with E-state index in [0.29, 0.717) is 22.9 Å². The van der Waals surface area contributed by atoms with Gasteiger partial charge in [0.05, 0.1) is 17.9 Å². The first-order valence-electron chi connectivity index (χ1n) is 10.6. The fourth-order valence-electron chi connectivity index (χ4n) is 3.37. The molecule has 0 saturated heterocycles. The summed E-state index contributed by atoms with van der Waals surface area (Å²) in [6.07, 6.45) is 1.40. The molecule has 0 spiro atoms. The monoisotopic (exact) mass is 508 g/mol. The molecule has 0 saturated carbocycles. The molecule has 0 aliphatic heterocycles. The molecule has 1 heterocycles. The largest absolute Gasteiger partial charge is 0.546 e. The summed E-state index contributed by atoms with van der Waals surface area (Å²) >= 11 is 7.72. The first-order chi connectivity index (χ1) is 17.0. The summed E-state index contributed by atoms with van der Waals surface area (Å²) in [5, 5.41) is 16.1. The Bertz CT molecular complexity index is 1390. The van der Waals surface area contributed by atoms with Crippen LogP contribution in [0.5, 0.6) is 5.75 Å². The van der Waals surface area contributed by atoms with Crippen LogP contribution in [-0.4, -0.2) is 35.4 Å². The average Bonchev–Trinajstić information content (AvgIpc) is 3.21. The van der Waals surface area contributed by atoms with E-state index in [1.54, 1.807) is 24.3 Å². The van der Waals surface area contributed by atoms with Gasteiger partial charge in [-0.25, -0.2) is 15.0 Å². The van der Waals surface area contributed by atoms with Crippen molar-refractivity contribution in [2.45, 2.75) is 11.7 Å². The Morgan fingerprint density at radius 1 is 1.09 bits per heavy atom. The zero-order valence-corrected chi connectivity index (χ0v) is 20.0. The Balaban J connectivity index is 1.42. The van der Waals surface area contributed by atoms with E-state index in [-0.39, 0.29) is 11.7 Å². The zero-order valence-electron chi connectivity index (χ0n) is 18.4. The van der Waals surface area contributed by atoms with Gasteiger partial charge in [-0.1, -0.05) is 54.1 Å². The fraction of sp³-hybridized carbons (Fsp3) is 0.120. The summed E-state index contributed by atoms with van der Waals surface area (Å²) < 4.78 is 7.26. The smallest absolute Gasteiger partial charge is 0.317 e. The second-order valence-corrected chi connectivity index (χ2v) is 8.78. The van der Waals surface area contributed by atoms with Gasteiger partial charge in [-0.3, -0.25) is 4.79 Å². The number of hydrogen-bond acceptors (Lipinski definition) is 6. The van der Waals surface area contributed by atoms with Crippen molar-refractivity contribution in [2.24, 2.45) is 5.10 Å². The van der Waals surface area contributed by atoms with Crippen molar-refractivity contribution in [3.63, 3.8) is 0 Å². The van der Waals surface area contributed by atoms with Gasteiger partial charge in [0.25, 0.3) is 5.91 Å². The Labute approximate surface area is 210 Å². The number of benzene rings is 3. The molecule has 2 N–H and O–H groups in total. The van der Waals surface area contributed by atoms with Gasteiger partial charge in [0, 0.05) is 16.1 Å². The van der Waals surface area contributed by atoms with E-state index < -0.39 is 12.6 Å². The van der Waals surface area contributed by atoms with Crippen molar-refractivity contribution in [2.75, 3.05) is 12.4 Å². The molecule has 0 atom stereocenters. The molecule has 0 radical (unpaired) electrons. The Morgan fingerprint density at radius 3 is 2.66 bits per heavy atom. The number of hydrogen-bond donors (Lipinski definition) is 2. The van der Waals surface area contributed by atoms with Crippen molar-refractivity contribution in [1.29, 1.82) is 0 Å². The third-order valence-electron chi connectivity index (χ3n) is 4.97. The number of hydrazone groups is 1. The van der Waals surface area contributed by atoms with Crippen LogP contribution in [0.25, 0.3) is 11.0 Å². The van der Waals surface area contributed by atoms with Gasteiger partial charge < -0.3 is 14.6 Å². The van der Waals surface area contributed by atoms with Gasteiger partial charge >= 0.3 is 5.16 Å². The molecule has 0 bridgehead atoms. The van der Waals surface area contributed by atoms with Crippen LogP contribution in [0.4, 0.5) is 0 Å². The van der Waals surface area contributed by atoms with Crippen LogP contribution >= 0.6 is 23.4 Å². The first kappa shape index (κ1) is 24.3. The molecule has 4 aromatic rings. The second-order valence-electron chi connectivity index (χ2n) is 7.41. The van der Waals surface area contributed by atoms with E-state index in [2.05, 4.69) is 20.1 Å². The van der Waals surface area contributed by atoms with Crippen molar-refractivity contribution < 1.29 is 24.0 Å². The lowest BCUT2D eigenvalue weighted by molar-refractivity contribution is -0.700. The molecule has 1 aromatic heterocycles. The maximum atomic E-state index is 12.4. The first-order valence-corrected chi connectivity index (χ1v) is 12.0. The highest BCUT2D eigenvalue weighted by Gasteiger charge is 2.21. The highest BCUT2D eigenvalue weighted by atomic mass is 35.5. The number of amides is 1. The van der Waals surface area contributed by atoms with Crippen LogP contribution in [0.15, 0.2) is 83.1 Å². The average molecular weight is 509 g/mol. The minimum Gasteiger partial charge on any atom is -0.546 e. The summed E-state index contributed by atoms with van der Waals surface area (Å²) in [4.78, 5) is 26.4. The molecule has 0 aliphatic rings. The second kappa shape index (κ2) is 11.5. The van der Waals surface area contributed by atoms with Gasteiger partial charge in [0.15, 0.2) is 11.0 Å². The van der Waals surface area contributed by atoms with E-state index in [0.717, 1.165) is 21.8 Å².